The zero-order valence-corrected chi connectivity index (χ0v) is 18.3. The van der Waals surface area contributed by atoms with E-state index in [1.807, 2.05) is 48.5 Å². The Morgan fingerprint density at radius 3 is 2.44 bits per heavy atom. The van der Waals surface area contributed by atoms with Gasteiger partial charge in [-0.05, 0) is 47.4 Å². The zero-order valence-electron chi connectivity index (χ0n) is 18.3. The van der Waals surface area contributed by atoms with Gasteiger partial charge in [0.1, 0.15) is 18.2 Å². The molecule has 0 fully saturated rings. The van der Waals surface area contributed by atoms with Gasteiger partial charge in [0.15, 0.2) is 0 Å². The highest BCUT2D eigenvalue weighted by atomic mass is 19.1. The molecule has 4 rings (SSSR count). The van der Waals surface area contributed by atoms with Crippen LogP contribution in [0.1, 0.15) is 25.1 Å². The average molecular weight is 431 g/mol. The van der Waals surface area contributed by atoms with Crippen LogP contribution in [-0.4, -0.2) is 4.57 Å². The SMILES string of the molecule is CC(C)Cn1c(CN)c(-c2cccc(F)c2)c2cc(OCc3ccccc3)ccc2c1=O. The fourth-order valence-electron chi connectivity index (χ4n) is 4.04. The van der Waals surface area contributed by atoms with E-state index in [0.717, 1.165) is 11.1 Å². The van der Waals surface area contributed by atoms with Crippen molar-refractivity contribution < 1.29 is 9.13 Å². The van der Waals surface area contributed by atoms with Gasteiger partial charge >= 0.3 is 0 Å². The van der Waals surface area contributed by atoms with Crippen LogP contribution < -0.4 is 16.0 Å². The molecule has 0 saturated carbocycles. The molecule has 0 spiro atoms. The number of halogens is 1. The number of nitrogens with zero attached hydrogens (tertiary/aromatic N) is 1. The van der Waals surface area contributed by atoms with Crippen molar-refractivity contribution in [3.05, 3.63) is 100 Å². The summed E-state index contributed by atoms with van der Waals surface area (Å²) in [5, 5.41) is 1.28. The monoisotopic (exact) mass is 430 g/mol. The molecule has 0 saturated heterocycles. The summed E-state index contributed by atoms with van der Waals surface area (Å²) < 4.78 is 21.9. The summed E-state index contributed by atoms with van der Waals surface area (Å²) in [4.78, 5) is 13.4. The molecule has 4 aromatic rings. The Morgan fingerprint density at radius 1 is 0.969 bits per heavy atom. The van der Waals surface area contributed by atoms with E-state index in [-0.39, 0.29) is 23.8 Å². The smallest absolute Gasteiger partial charge is 0.258 e. The van der Waals surface area contributed by atoms with E-state index >= 15 is 0 Å². The summed E-state index contributed by atoms with van der Waals surface area (Å²) in [7, 11) is 0. The lowest BCUT2D eigenvalue weighted by molar-refractivity contribution is 0.306. The second-order valence-electron chi connectivity index (χ2n) is 8.33. The molecule has 4 nitrogen and oxygen atoms in total. The summed E-state index contributed by atoms with van der Waals surface area (Å²) in [6.45, 7) is 5.23. The molecule has 0 aliphatic heterocycles. The quantitative estimate of drug-likeness (QED) is 0.421. The molecule has 1 aromatic heterocycles. The standard InChI is InChI=1S/C27H27FN2O2/c1-18(2)16-30-25(15-29)26(20-9-6-10-21(28)13-20)24-14-22(11-12-23(24)27(30)31)32-17-19-7-4-3-5-8-19/h3-14,18H,15-17,29H2,1-2H3. The van der Waals surface area contributed by atoms with Crippen LogP contribution in [-0.2, 0) is 19.7 Å². The van der Waals surface area contributed by atoms with Crippen molar-refractivity contribution in [2.75, 3.05) is 0 Å². The average Bonchev–Trinajstić information content (AvgIpc) is 2.79. The minimum atomic E-state index is -0.336. The van der Waals surface area contributed by atoms with Crippen molar-refractivity contribution in [2.45, 2.75) is 33.5 Å². The van der Waals surface area contributed by atoms with Gasteiger partial charge in [-0.2, -0.15) is 0 Å². The molecule has 2 N–H and O–H groups in total. The molecule has 3 aromatic carbocycles. The van der Waals surface area contributed by atoms with Crippen molar-refractivity contribution in [1.82, 2.24) is 4.57 Å². The van der Waals surface area contributed by atoms with Crippen LogP contribution in [0.5, 0.6) is 5.75 Å². The van der Waals surface area contributed by atoms with Crippen LogP contribution in [0.2, 0.25) is 0 Å². The number of rotatable bonds is 7. The largest absolute Gasteiger partial charge is 0.489 e. The Hall–Kier alpha value is -3.44. The van der Waals surface area contributed by atoms with Gasteiger partial charge < -0.3 is 15.0 Å². The number of aromatic nitrogens is 1. The van der Waals surface area contributed by atoms with Crippen LogP contribution in [0.15, 0.2) is 77.6 Å². The van der Waals surface area contributed by atoms with E-state index in [2.05, 4.69) is 13.8 Å². The van der Waals surface area contributed by atoms with Crippen molar-refractivity contribution in [3.63, 3.8) is 0 Å². The van der Waals surface area contributed by atoms with E-state index in [1.54, 1.807) is 16.7 Å². The second kappa shape index (κ2) is 9.37. The maximum absolute atomic E-state index is 14.1. The molecule has 0 aliphatic rings. The highest BCUT2D eigenvalue weighted by molar-refractivity contribution is 5.98. The number of benzene rings is 3. The van der Waals surface area contributed by atoms with Crippen molar-refractivity contribution in [1.29, 1.82) is 0 Å². The molecule has 5 heteroatoms. The minimum Gasteiger partial charge on any atom is -0.489 e. The molecule has 0 bridgehead atoms. The summed E-state index contributed by atoms with van der Waals surface area (Å²) in [5.41, 5.74) is 9.26. The van der Waals surface area contributed by atoms with Gasteiger partial charge in [-0.3, -0.25) is 4.79 Å². The molecular formula is C27H27FN2O2. The molecule has 0 atom stereocenters. The lowest BCUT2D eigenvalue weighted by atomic mass is 9.96. The Balaban J connectivity index is 1.92. The number of nitrogens with two attached hydrogens (primary N) is 1. The minimum absolute atomic E-state index is 0.0936. The zero-order chi connectivity index (χ0) is 22.7. The van der Waals surface area contributed by atoms with E-state index in [0.29, 0.717) is 40.9 Å². The first-order valence-electron chi connectivity index (χ1n) is 10.8. The van der Waals surface area contributed by atoms with E-state index in [4.69, 9.17) is 10.5 Å². The number of hydrogen-bond acceptors (Lipinski definition) is 3. The second-order valence-corrected chi connectivity index (χ2v) is 8.33. The summed E-state index contributed by atoms with van der Waals surface area (Å²) in [5.74, 6) is 0.559. The van der Waals surface area contributed by atoms with Crippen LogP contribution in [0.4, 0.5) is 4.39 Å². The van der Waals surface area contributed by atoms with Gasteiger partial charge in [0.25, 0.3) is 5.56 Å². The third kappa shape index (κ3) is 4.43. The third-order valence-electron chi connectivity index (χ3n) is 5.45. The summed E-state index contributed by atoms with van der Waals surface area (Å²) in [6, 6.07) is 21.7. The Bertz CT molecular complexity index is 1300. The van der Waals surface area contributed by atoms with Crippen molar-refractivity contribution in [3.8, 4) is 16.9 Å². The predicted octanol–water partition coefficient (Wildman–Crippen LogP) is 5.50. The Morgan fingerprint density at radius 2 is 1.75 bits per heavy atom. The van der Waals surface area contributed by atoms with Gasteiger partial charge in [0.05, 0.1) is 0 Å². The van der Waals surface area contributed by atoms with Crippen LogP contribution in [0.25, 0.3) is 21.9 Å². The van der Waals surface area contributed by atoms with Crippen molar-refractivity contribution >= 4 is 10.8 Å². The molecule has 32 heavy (non-hydrogen) atoms. The van der Waals surface area contributed by atoms with Crippen LogP contribution in [0.3, 0.4) is 0 Å². The topological polar surface area (TPSA) is 57.2 Å². The lowest BCUT2D eigenvalue weighted by Gasteiger charge is -2.21. The van der Waals surface area contributed by atoms with E-state index < -0.39 is 0 Å². The molecule has 0 aliphatic carbocycles. The normalized spacial score (nSPS) is 11.3. The summed E-state index contributed by atoms with van der Waals surface area (Å²) in [6.07, 6.45) is 0. The van der Waals surface area contributed by atoms with Crippen LogP contribution >= 0.6 is 0 Å². The van der Waals surface area contributed by atoms with Gasteiger partial charge in [0, 0.05) is 35.1 Å². The van der Waals surface area contributed by atoms with Crippen LogP contribution in [0, 0.1) is 11.7 Å². The van der Waals surface area contributed by atoms with Crippen molar-refractivity contribution in [2.24, 2.45) is 11.7 Å². The van der Waals surface area contributed by atoms with Gasteiger partial charge in [0.2, 0.25) is 0 Å². The maximum atomic E-state index is 14.1. The fourth-order valence-corrected chi connectivity index (χ4v) is 4.04. The summed E-state index contributed by atoms with van der Waals surface area (Å²) >= 11 is 0. The highest BCUT2D eigenvalue weighted by Crippen LogP contribution is 2.33. The highest BCUT2D eigenvalue weighted by Gasteiger charge is 2.19. The lowest BCUT2D eigenvalue weighted by Crippen LogP contribution is -2.28. The molecule has 164 valence electrons. The maximum Gasteiger partial charge on any atom is 0.258 e. The Kier molecular flexibility index (Phi) is 6.37. The number of fused-ring (bicyclic) bond motifs is 1. The van der Waals surface area contributed by atoms with Gasteiger partial charge in [-0.15, -0.1) is 0 Å². The molecule has 0 amide bonds. The van der Waals surface area contributed by atoms with E-state index in [9.17, 15) is 9.18 Å². The molecule has 0 unspecified atom stereocenters. The molecule has 0 radical (unpaired) electrons. The fraction of sp³-hybridized carbons (Fsp3) is 0.222. The molecule has 1 heterocycles. The number of pyridine rings is 1. The first-order chi connectivity index (χ1) is 15.5. The first-order valence-corrected chi connectivity index (χ1v) is 10.8. The number of hydrogen-bond donors (Lipinski definition) is 1. The van der Waals surface area contributed by atoms with E-state index in [1.165, 1.54) is 12.1 Å². The first kappa shape index (κ1) is 21.8. The van der Waals surface area contributed by atoms with Gasteiger partial charge in [-0.25, -0.2) is 4.39 Å². The Labute approximate surface area is 187 Å². The molecular weight excluding hydrogens is 403 g/mol. The van der Waals surface area contributed by atoms with Gasteiger partial charge in [-0.1, -0.05) is 56.3 Å². The number of ether oxygens (including phenoxy) is 1. The predicted molar refractivity (Wildman–Crippen MR) is 127 cm³/mol. The third-order valence-corrected chi connectivity index (χ3v) is 5.45.